The highest BCUT2D eigenvalue weighted by atomic mass is 35.5. The number of amides is 1. The van der Waals surface area contributed by atoms with Crippen LogP contribution in [0, 0.1) is 13.8 Å². The third kappa shape index (κ3) is 4.61. The summed E-state index contributed by atoms with van der Waals surface area (Å²) in [5, 5.41) is 4.41. The minimum atomic E-state index is -3.93. The van der Waals surface area contributed by atoms with Crippen LogP contribution in [0.25, 0.3) is 0 Å². The van der Waals surface area contributed by atoms with Crippen LogP contribution in [-0.4, -0.2) is 61.4 Å². The number of hydrogen-bond donors (Lipinski definition) is 0. The van der Waals surface area contributed by atoms with Crippen LogP contribution in [0.3, 0.4) is 0 Å². The monoisotopic (exact) mass is 548 g/mol. The van der Waals surface area contributed by atoms with Gasteiger partial charge in [0.25, 0.3) is 5.91 Å². The fourth-order valence-electron chi connectivity index (χ4n) is 4.83. The minimum Gasteiger partial charge on any atom is -0.368 e. The predicted octanol–water partition coefficient (Wildman–Crippen LogP) is 4.31. The molecule has 5 rings (SSSR count). The molecule has 3 aromatic rings. The number of benzene rings is 2. The number of sulfonamides is 1. The van der Waals surface area contributed by atoms with Crippen LogP contribution in [0.2, 0.25) is 10.0 Å². The molecule has 0 N–H and O–H groups in total. The lowest BCUT2D eigenvalue weighted by Crippen LogP contribution is -2.49. The maximum atomic E-state index is 13.4. The molecular formula is C25H26Cl2N4O4S. The van der Waals surface area contributed by atoms with Crippen molar-refractivity contribution in [2.24, 2.45) is 0 Å². The quantitative estimate of drug-likeness (QED) is 0.482. The summed E-state index contributed by atoms with van der Waals surface area (Å²) in [6.45, 7) is 6.80. The third-order valence-electron chi connectivity index (χ3n) is 6.77. The molecule has 2 aromatic carbocycles. The fraction of sp³-hybridized carbons (Fsp3) is 0.360. The van der Waals surface area contributed by atoms with Crippen molar-refractivity contribution >= 4 is 44.8 Å². The van der Waals surface area contributed by atoms with E-state index in [1.54, 1.807) is 4.90 Å². The van der Waals surface area contributed by atoms with Crippen LogP contribution in [0.5, 0.6) is 0 Å². The van der Waals surface area contributed by atoms with E-state index in [4.69, 9.17) is 27.7 Å². The number of hydrogen-bond acceptors (Lipinski definition) is 6. The Hall–Kier alpha value is -2.59. The normalized spacial score (nSPS) is 16.8. The van der Waals surface area contributed by atoms with Crippen molar-refractivity contribution in [3.8, 4) is 0 Å². The van der Waals surface area contributed by atoms with Gasteiger partial charge in [0, 0.05) is 62.0 Å². The summed E-state index contributed by atoms with van der Waals surface area (Å²) in [5.41, 5.74) is 4.27. The van der Waals surface area contributed by atoms with Gasteiger partial charge in [0.2, 0.25) is 10.0 Å². The number of rotatable bonds is 4. The highest BCUT2D eigenvalue weighted by Crippen LogP contribution is 2.32. The zero-order valence-electron chi connectivity index (χ0n) is 20.0. The molecule has 0 spiro atoms. The van der Waals surface area contributed by atoms with Crippen LogP contribution < -0.4 is 4.90 Å². The average molecular weight is 549 g/mol. The van der Waals surface area contributed by atoms with Gasteiger partial charge in [-0.2, -0.15) is 4.31 Å². The van der Waals surface area contributed by atoms with Gasteiger partial charge in [0.05, 0.1) is 5.02 Å². The van der Waals surface area contributed by atoms with Crippen molar-refractivity contribution in [1.82, 2.24) is 14.4 Å². The van der Waals surface area contributed by atoms with Gasteiger partial charge in [-0.25, -0.2) is 8.42 Å². The van der Waals surface area contributed by atoms with Gasteiger partial charge in [-0.3, -0.25) is 4.79 Å². The number of fused-ring (bicyclic) bond motifs is 1. The zero-order valence-corrected chi connectivity index (χ0v) is 22.3. The largest absolute Gasteiger partial charge is 0.368 e. The van der Waals surface area contributed by atoms with Gasteiger partial charge in [-0.1, -0.05) is 46.1 Å². The summed E-state index contributed by atoms with van der Waals surface area (Å²) in [7, 11) is -3.93. The number of carbonyl (C=O) groups excluding carboxylic acids is 1. The first kappa shape index (κ1) is 25.1. The Balaban J connectivity index is 1.32. The number of halogens is 2. The highest BCUT2D eigenvalue weighted by molar-refractivity contribution is 7.89. The van der Waals surface area contributed by atoms with Gasteiger partial charge in [0.1, 0.15) is 10.7 Å². The maximum absolute atomic E-state index is 13.4. The van der Waals surface area contributed by atoms with E-state index in [9.17, 15) is 13.2 Å². The van der Waals surface area contributed by atoms with Crippen LogP contribution >= 0.6 is 23.2 Å². The summed E-state index contributed by atoms with van der Waals surface area (Å²) in [6, 6.07) is 10.7. The molecule has 0 saturated carbocycles. The Kier molecular flexibility index (Phi) is 6.76. The van der Waals surface area contributed by atoms with Crippen molar-refractivity contribution < 1.29 is 17.7 Å². The Labute approximate surface area is 220 Å². The summed E-state index contributed by atoms with van der Waals surface area (Å²) in [4.78, 5) is 17.4. The first-order valence-corrected chi connectivity index (χ1v) is 13.9. The molecule has 1 aromatic heterocycles. The molecule has 2 aliphatic heterocycles. The molecule has 0 unspecified atom stereocenters. The number of aryl methyl sites for hydroxylation is 2. The molecule has 0 radical (unpaired) electrons. The van der Waals surface area contributed by atoms with Crippen LogP contribution in [-0.2, 0) is 23.0 Å². The summed E-state index contributed by atoms with van der Waals surface area (Å²) in [6.07, 6.45) is 0.313. The van der Waals surface area contributed by atoms with E-state index in [1.165, 1.54) is 39.3 Å². The molecule has 3 heterocycles. The SMILES string of the molecule is Cc1ccc(N2CCN(C(=O)c3noc4c3CN(S(=O)(=O)c3cc(Cl)ccc3Cl)CC4)CC2)c(C)c1. The predicted molar refractivity (Wildman–Crippen MR) is 138 cm³/mol. The number of anilines is 1. The molecule has 1 fully saturated rings. The molecule has 1 saturated heterocycles. The van der Waals surface area contributed by atoms with E-state index in [0.717, 1.165) is 0 Å². The summed E-state index contributed by atoms with van der Waals surface area (Å²) >= 11 is 12.2. The average Bonchev–Trinajstić information content (AvgIpc) is 3.28. The molecule has 190 valence electrons. The highest BCUT2D eigenvalue weighted by Gasteiger charge is 2.36. The van der Waals surface area contributed by atoms with E-state index in [-0.39, 0.29) is 39.6 Å². The topological polar surface area (TPSA) is 87.0 Å². The smallest absolute Gasteiger partial charge is 0.276 e. The van der Waals surface area contributed by atoms with Crippen molar-refractivity contribution in [3.05, 3.63) is 74.6 Å². The second kappa shape index (κ2) is 9.70. The second-order valence-electron chi connectivity index (χ2n) is 9.17. The fourth-order valence-corrected chi connectivity index (χ4v) is 6.98. The lowest BCUT2D eigenvalue weighted by atomic mass is 10.1. The lowest BCUT2D eigenvalue weighted by molar-refractivity contribution is 0.0735. The Morgan fingerprint density at radius 1 is 1.00 bits per heavy atom. The van der Waals surface area contributed by atoms with Crippen LogP contribution in [0.1, 0.15) is 32.9 Å². The molecular weight excluding hydrogens is 523 g/mol. The van der Waals surface area contributed by atoms with E-state index in [2.05, 4.69) is 42.1 Å². The van der Waals surface area contributed by atoms with Crippen molar-refractivity contribution in [1.29, 1.82) is 0 Å². The zero-order chi connectivity index (χ0) is 25.6. The number of carbonyl (C=O) groups is 1. The van der Waals surface area contributed by atoms with Crippen LogP contribution in [0.4, 0.5) is 5.69 Å². The number of nitrogens with zero attached hydrogens (tertiary/aromatic N) is 4. The van der Waals surface area contributed by atoms with Crippen LogP contribution in [0.15, 0.2) is 45.8 Å². The molecule has 0 bridgehead atoms. The Bertz CT molecular complexity index is 1430. The molecule has 8 nitrogen and oxygen atoms in total. The molecule has 0 atom stereocenters. The van der Waals surface area contributed by atoms with Gasteiger partial charge in [0.15, 0.2) is 5.69 Å². The van der Waals surface area contributed by atoms with Gasteiger partial charge >= 0.3 is 0 Å². The van der Waals surface area contributed by atoms with Gasteiger partial charge < -0.3 is 14.3 Å². The molecule has 11 heteroatoms. The van der Waals surface area contributed by atoms with E-state index >= 15 is 0 Å². The molecule has 36 heavy (non-hydrogen) atoms. The van der Waals surface area contributed by atoms with Gasteiger partial charge in [-0.15, -0.1) is 0 Å². The summed E-state index contributed by atoms with van der Waals surface area (Å²) < 4.78 is 33.4. The first-order chi connectivity index (χ1) is 17.1. The molecule has 2 aliphatic rings. The third-order valence-corrected chi connectivity index (χ3v) is 9.33. The number of aromatic nitrogens is 1. The lowest BCUT2D eigenvalue weighted by Gasteiger charge is -2.36. The molecule has 0 aliphatic carbocycles. The Morgan fingerprint density at radius 3 is 2.47 bits per heavy atom. The van der Waals surface area contributed by atoms with Gasteiger partial charge in [-0.05, 0) is 43.7 Å². The summed E-state index contributed by atoms with van der Waals surface area (Å²) in [5.74, 6) is 0.288. The van der Waals surface area contributed by atoms with Crippen molar-refractivity contribution in [3.63, 3.8) is 0 Å². The minimum absolute atomic E-state index is 0.0202. The first-order valence-electron chi connectivity index (χ1n) is 11.7. The molecule has 1 amide bonds. The second-order valence-corrected chi connectivity index (χ2v) is 11.9. The number of piperazine rings is 1. The maximum Gasteiger partial charge on any atom is 0.276 e. The van der Waals surface area contributed by atoms with E-state index < -0.39 is 10.0 Å². The van der Waals surface area contributed by atoms with Crippen molar-refractivity contribution in [2.45, 2.75) is 31.7 Å². The van der Waals surface area contributed by atoms with E-state index in [0.29, 0.717) is 43.9 Å². The van der Waals surface area contributed by atoms with E-state index in [1.807, 2.05) is 0 Å². The van der Waals surface area contributed by atoms with Crippen molar-refractivity contribution in [2.75, 3.05) is 37.6 Å². The Morgan fingerprint density at radius 2 is 1.75 bits per heavy atom. The standard InChI is InChI=1S/C25H26Cl2N4O4S/c1-16-3-6-21(17(2)13-16)29-9-11-30(12-10-29)25(32)24-19-15-31(8-7-22(19)35-28-24)36(33,34)23-14-18(26)4-5-20(23)27/h3-6,13-14H,7-12,15H2,1-2H3.